The van der Waals surface area contributed by atoms with Crippen molar-refractivity contribution in [1.29, 1.82) is 0 Å². The lowest BCUT2D eigenvalue weighted by molar-refractivity contribution is -0.146. The van der Waals surface area contributed by atoms with Crippen molar-refractivity contribution in [3.8, 4) is 5.75 Å². The van der Waals surface area contributed by atoms with Crippen molar-refractivity contribution in [1.82, 2.24) is 9.97 Å². The molecule has 1 unspecified atom stereocenters. The first-order valence-electron chi connectivity index (χ1n) is 8.25. The lowest BCUT2D eigenvalue weighted by Crippen LogP contribution is -2.33. The number of carboxylic acid groups (broad SMARTS) is 1. The fourth-order valence-electron chi connectivity index (χ4n) is 3.35. The molecule has 3 rings (SSSR count). The Morgan fingerprint density at radius 3 is 2.83 bits per heavy atom. The highest BCUT2D eigenvalue weighted by atomic mass is 16.5. The molecule has 5 heteroatoms. The minimum atomic E-state index is -0.836. The average Bonchev–Trinajstić information content (AvgIpc) is 2.95. The number of aryl methyl sites for hydroxylation is 1. The summed E-state index contributed by atoms with van der Waals surface area (Å²) in [5.74, 6) is 0.915. The van der Waals surface area contributed by atoms with Crippen LogP contribution < -0.4 is 4.74 Å². The molecule has 2 N–H and O–H groups in total. The minimum absolute atomic E-state index is 0.210. The highest BCUT2D eigenvalue weighted by Gasteiger charge is 2.38. The standard InChI is InChI=1S/C19H24N2O3/c1-12-20-11-15(21-12)19(4)8-9-24-16-13(6-5-7-14(16)19)10-18(2,3)17(22)23/h5-7,11H,8-10H2,1-4H3,(H,20,21)(H,22,23). The topological polar surface area (TPSA) is 75.2 Å². The molecule has 1 aromatic heterocycles. The lowest BCUT2D eigenvalue weighted by atomic mass is 9.74. The molecular formula is C19H24N2O3. The van der Waals surface area contributed by atoms with Crippen molar-refractivity contribution >= 4 is 5.97 Å². The van der Waals surface area contributed by atoms with Gasteiger partial charge in [0.05, 0.1) is 12.0 Å². The van der Waals surface area contributed by atoms with Crippen LogP contribution in [0.4, 0.5) is 0 Å². The van der Waals surface area contributed by atoms with Gasteiger partial charge in [0, 0.05) is 22.9 Å². The predicted octanol–water partition coefficient (Wildman–Crippen LogP) is 3.46. The lowest BCUT2D eigenvalue weighted by Gasteiger charge is -2.36. The van der Waals surface area contributed by atoms with Gasteiger partial charge in [-0.25, -0.2) is 4.98 Å². The van der Waals surface area contributed by atoms with Crippen molar-refractivity contribution in [2.45, 2.75) is 46.0 Å². The summed E-state index contributed by atoms with van der Waals surface area (Å²) in [6.45, 7) is 8.22. The van der Waals surface area contributed by atoms with Crippen LogP contribution in [0, 0.1) is 12.3 Å². The molecule has 0 spiro atoms. The Balaban J connectivity index is 2.07. The Labute approximate surface area is 142 Å². The van der Waals surface area contributed by atoms with Crippen LogP contribution in [0.3, 0.4) is 0 Å². The fourth-order valence-corrected chi connectivity index (χ4v) is 3.35. The normalized spacial score (nSPS) is 20.3. The second kappa shape index (κ2) is 5.65. The van der Waals surface area contributed by atoms with E-state index < -0.39 is 11.4 Å². The molecule has 5 nitrogen and oxygen atoms in total. The van der Waals surface area contributed by atoms with Crippen LogP contribution in [0.5, 0.6) is 5.75 Å². The molecule has 0 saturated heterocycles. The SMILES string of the molecule is Cc1ncc(C2(C)CCOc3c(CC(C)(C)C(=O)O)cccc32)[nH]1. The molecule has 0 fully saturated rings. The van der Waals surface area contributed by atoms with E-state index in [4.69, 9.17) is 4.74 Å². The van der Waals surface area contributed by atoms with Crippen molar-refractivity contribution < 1.29 is 14.6 Å². The maximum Gasteiger partial charge on any atom is 0.309 e. The fraction of sp³-hybridized carbons (Fsp3) is 0.474. The Hall–Kier alpha value is -2.30. The van der Waals surface area contributed by atoms with Crippen LogP contribution >= 0.6 is 0 Å². The first-order chi connectivity index (χ1) is 11.2. The smallest absolute Gasteiger partial charge is 0.309 e. The number of nitrogens with zero attached hydrogens (tertiary/aromatic N) is 1. The monoisotopic (exact) mass is 328 g/mol. The summed E-state index contributed by atoms with van der Waals surface area (Å²) in [4.78, 5) is 19.2. The first-order valence-corrected chi connectivity index (χ1v) is 8.25. The van der Waals surface area contributed by atoms with Crippen LogP contribution in [0.15, 0.2) is 24.4 Å². The number of imidazole rings is 1. The summed E-state index contributed by atoms with van der Waals surface area (Å²) in [6, 6.07) is 6.03. The molecule has 0 saturated carbocycles. The number of para-hydroxylation sites is 1. The van der Waals surface area contributed by atoms with Gasteiger partial charge in [0.25, 0.3) is 0 Å². The number of hydrogen-bond donors (Lipinski definition) is 2. The third kappa shape index (κ3) is 2.68. The largest absolute Gasteiger partial charge is 0.493 e. The minimum Gasteiger partial charge on any atom is -0.493 e. The number of nitrogens with one attached hydrogen (secondary N) is 1. The second-order valence-electron chi connectivity index (χ2n) is 7.47. The van der Waals surface area contributed by atoms with Gasteiger partial charge in [-0.2, -0.15) is 0 Å². The van der Waals surface area contributed by atoms with E-state index in [0.717, 1.165) is 34.8 Å². The molecule has 1 aliphatic heterocycles. The highest BCUT2D eigenvalue weighted by Crippen LogP contribution is 2.45. The van der Waals surface area contributed by atoms with Gasteiger partial charge in [-0.05, 0) is 46.1 Å². The molecule has 0 bridgehead atoms. The van der Waals surface area contributed by atoms with Crippen molar-refractivity contribution in [3.63, 3.8) is 0 Å². The number of aliphatic carboxylic acids is 1. The zero-order valence-electron chi connectivity index (χ0n) is 14.6. The molecule has 1 aliphatic rings. The van der Waals surface area contributed by atoms with Crippen LogP contribution in [0.25, 0.3) is 0 Å². The molecule has 0 radical (unpaired) electrons. The number of hydrogen-bond acceptors (Lipinski definition) is 3. The molecule has 0 amide bonds. The number of rotatable bonds is 4. The van der Waals surface area contributed by atoms with Crippen LogP contribution in [0.1, 0.15) is 49.8 Å². The Bertz CT molecular complexity index is 779. The van der Waals surface area contributed by atoms with Crippen LogP contribution in [-0.4, -0.2) is 27.7 Å². The quantitative estimate of drug-likeness (QED) is 0.901. The number of carbonyl (C=O) groups is 1. The van der Waals surface area contributed by atoms with E-state index in [1.807, 2.05) is 25.3 Å². The van der Waals surface area contributed by atoms with Gasteiger partial charge in [0.15, 0.2) is 0 Å². The van der Waals surface area contributed by atoms with Gasteiger partial charge in [-0.3, -0.25) is 4.79 Å². The van der Waals surface area contributed by atoms with Crippen LogP contribution in [-0.2, 0) is 16.6 Å². The van der Waals surface area contributed by atoms with E-state index >= 15 is 0 Å². The average molecular weight is 328 g/mol. The molecule has 2 aromatic rings. The van der Waals surface area contributed by atoms with Crippen molar-refractivity contribution in [2.24, 2.45) is 5.41 Å². The maximum absolute atomic E-state index is 11.5. The number of benzene rings is 1. The van der Waals surface area contributed by atoms with Gasteiger partial charge in [-0.15, -0.1) is 0 Å². The van der Waals surface area contributed by atoms with E-state index in [9.17, 15) is 9.90 Å². The van der Waals surface area contributed by atoms with E-state index in [-0.39, 0.29) is 5.41 Å². The summed E-state index contributed by atoms with van der Waals surface area (Å²) in [6.07, 6.45) is 3.18. The number of aromatic amines is 1. The van der Waals surface area contributed by atoms with E-state index in [0.29, 0.717) is 13.0 Å². The van der Waals surface area contributed by atoms with E-state index in [1.54, 1.807) is 13.8 Å². The van der Waals surface area contributed by atoms with Gasteiger partial charge >= 0.3 is 5.97 Å². The second-order valence-corrected chi connectivity index (χ2v) is 7.47. The van der Waals surface area contributed by atoms with Gasteiger partial charge in [0.2, 0.25) is 0 Å². The van der Waals surface area contributed by atoms with Gasteiger partial charge < -0.3 is 14.8 Å². The third-order valence-electron chi connectivity index (χ3n) is 5.05. The molecule has 1 atom stereocenters. The zero-order chi connectivity index (χ0) is 17.5. The molecule has 128 valence electrons. The zero-order valence-corrected chi connectivity index (χ0v) is 14.6. The number of H-pyrrole nitrogens is 1. The summed E-state index contributed by atoms with van der Waals surface area (Å²) < 4.78 is 5.98. The number of ether oxygens (including phenoxy) is 1. The summed E-state index contributed by atoms with van der Waals surface area (Å²) >= 11 is 0. The summed E-state index contributed by atoms with van der Waals surface area (Å²) in [5.41, 5.74) is 2.06. The Kier molecular flexibility index (Phi) is 3.90. The molecule has 0 aliphatic carbocycles. The summed E-state index contributed by atoms with van der Waals surface area (Å²) in [7, 11) is 0. The first kappa shape index (κ1) is 16.6. The summed E-state index contributed by atoms with van der Waals surface area (Å²) in [5, 5.41) is 9.44. The molecule has 24 heavy (non-hydrogen) atoms. The Morgan fingerprint density at radius 1 is 1.46 bits per heavy atom. The van der Waals surface area contributed by atoms with E-state index in [1.165, 1.54) is 0 Å². The highest BCUT2D eigenvalue weighted by molar-refractivity contribution is 5.74. The number of fused-ring (bicyclic) bond motifs is 1. The number of carboxylic acids is 1. The number of aromatic nitrogens is 2. The predicted molar refractivity (Wildman–Crippen MR) is 91.5 cm³/mol. The van der Waals surface area contributed by atoms with Gasteiger partial charge in [0.1, 0.15) is 11.6 Å². The molecule has 1 aromatic carbocycles. The van der Waals surface area contributed by atoms with E-state index in [2.05, 4.69) is 23.0 Å². The molecule has 2 heterocycles. The third-order valence-corrected chi connectivity index (χ3v) is 5.05. The van der Waals surface area contributed by atoms with Crippen LogP contribution in [0.2, 0.25) is 0 Å². The van der Waals surface area contributed by atoms with Crippen molar-refractivity contribution in [3.05, 3.63) is 47.0 Å². The maximum atomic E-state index is 11.5. The molecular weight excluding hydrogens is 304 g/mol. The Morgan fingerprint density at radius 2 is 2.21 bits per heavy atom. The van der Waals surface area contributed by atoms with Gasteiger partial charge in [-0.1, -0.05) is 18.2 Å². The van der Waals surface area contributed by atoms with Crippen molar-refractivity contribution in [2.75, 3.05) is 6.61 Å².